The number of nitrogens with zero attached hydrogens (tertiary/aromatic N) is 2. The van der Waals surface area contributed by atoms with Crippen LogP contribution in [0.4, 0.5) is 10.2 Å². The SMILES string of the molecule is N#Cc1ccc(-c2nc(N)ccc2F)cc1. The molecule has 0 spiro atoms. The molecule has 2 aromatic rings. The summed E-state index contributed by atoms with van der Waals surface area (Å²) in [4.78, 5) is 3.92. The van der Waals surface area contributed by atoms with Gasteiger partial charge in [-0.05, 0) is 24.3 Å². The maximum atomic E-state index is 13.5. The molecule has 2 N–H and O–H groups in total. The van der Waals surface area contributed by atoms with E-state index in [-0.39, 0.29) is 11.5 Å². The van der Waals surface area contributed by atoms with Gasteiger partial charge in [-0.25, -0.2) is 9.37 Å². The lowest BCUT2D eigenvalue weighted by molar-refractivity contribution is 0.626. The molecule has 16 heavy (non-hydrogen) atoms. The molecular formula is C12H8FN3. The summed E-state index contributed by atoms with van der Waals surface area (Å²) in [5, 5.41) is 8.64. The Hall–Kier alpha value is -2.41. The molecule has 0 fully saturated rings. The summed E-state index contributed by atoms with van der Waals surface area (Å²) in [5.41, 5.74) is 6.81. The first-order valence-electron chi connectivity index (χ1n) is 4.63. The van der Waals surface area contributed by atoms with Crippen LogP contribution in [0.5, 0.6) is 0 Å². The summed E-state index contributed by atoms with van der Waals surface area (Å²) in [6.45, 7) is 0. The van der Waals surface area contributed by atoms with E-state index < -0.39 is 5.82 Å². The second kappa shape index (κ2) is 3.99. The van der Waals surface area contributed by atoms with Gasteiger partial charge in [0.25, 0.3) is 0 Å². The van der Waals surface area contributed by atoms with Gasteiger partial charge in [0.1, 0.15) is 17.3 Å². The standard InChI is InChI=1S/C12H8FN3/c13-10-5-6-11(15)16-12(10)9-3-1-8(7-14)2-4-9/h1-6H,(H2,15,16). The third kappa shape index (κ3) is 1.84. The van der Waals surface area contributed by atoms with Crippen LogP contribution in [-0.2, 0) is 0 Å². The van der Waals surface area contributed by atoms with E-state index in [4.69, 9.17) is 11.0 Å². The highest BCUT2D eigenvalue weighted by molar-refractivity contribution is 5.62. The number of nitriles is 1. The fraction of sp³-hybridized carbons (Fsp3) is 0. The number of pyridine rings is 1. The van der Waals surface area contributed by atoms with E-state index in [0.717, 1.165) is 0 Å². The minimum atomic E-state index is -0.432. The van der Waals surface area contributed by atoms with Crippen LogP contribution in [0.1, 0.15) is 5.56 Å². The second-order valence-electron chi connectivity index (χ2n) is 3.26. The topological polar surface area (TPSA) is 62.7 Å². The summed E-state index contributed by atoms with van der Waals surface area (Å²) < 4.78 is 13.5. The average Bonchev–Trinajstić information content (AvgIpc) is 2.32. The highest BCUT2D eigenvalue weighted by Crippen LogP contribution is 2.21. The molecule has 0 aliphatic heterocycles. The lowest BCUT2D eigenvalue weighted by Crippen LogP contribution is -1.95. The number of benzene rings is 1. The number of hydrogen-bond acceptors (Lipinski definition) is 3. The summed E-state index contributed by atoms with van der Waals surface area (Å²) in [7, 11) is 0. The van der Waals surface area contributed by atoms with E-state index in [0.29, 0.717) is 11.1 Å². The van der Waals surface area contributed by atoms with Gasteiger partial charge in [0.15, 0.2) is 0 Å². The lowest BCUT2D eigenvalue weighted by atomic mass is 10.1. The zero-order valence-corrected chi connectivity index (χ0v) is 8.31. The van der Waals surface area contributed by atoms with Crippen LogP contribution in [-0.4, -0.2) is 4.98 Å². The first kappa shape index (κ1) is 10.1. The number of halogens is 1. The number of nitrogen functional groups attached to an aromatic ring is 1. The van der Waals surface area contributed by atoms with Crippen molar-refractivity contribution in [3.63, 3.8) is 0 Å². The Labute approximate surface area is 92.0 Å². The molecule has 4 heteroatoms. The van der Waals surface area contributed by atoms with Gasteiger partial charge in [0, 0.05) is 5.56 Å². The predicted molar refractivity (Wildman–Crippen MR) is 58.8 cm³/mol. The maximum absolute atomic E-state index is 13.5. The van der Waals surface area contributed by atoms with E-state index in [1.54, 1.807) is 24.3 Å². The van der Waals surface area contributed by atoms with Gasteiger partial charge < -0.3 is 5.73 Å². The van der Waals surface area contributed by atoms with Crippen LogP contribution < -0.4 is 5.73 Å². The largest absolute Gasteiger partial charge is 0.384 e. The van der Waals surface area contributed by atoms with Crippen LogP contribution in [0, 0.1) is 17.1 Å². The van der Waals surface area contributed by atoms with Crippen molar-refractivity contribution in [2.45, 2.75) is 0 Å². The molecule has 0 saturated carbocycles. The molecule has 0 aliphatic rings. The number of nitrogens with two attached hydrogens (primary N) is 1. The van der Waals surface area contributed by atoms with Crippen LogP contribution >= 0.6 is 0 Å². The summed E-state index contributed by atoms with van der Waals surface area (Å²) in [6.07, 6.45) is 0. The van der Waals surface area contributed by atoms with Crippen LogP contribution in [0.15, 0.2) is 36.4 Å². The monoisotopic (exact) mass is 213 g/mol. The Morgan fingerprint density at radius 2 is 1.81 bits per heavy atom. The van der Waals surface area contributed by atoms with E-state index in [1.165, 1.54) is 12.1 Å². The summed E-state index contributed by atoms with van der Waals surface area (Å²) in [5.74, 6) is -0.167. The van der Waals surface area contributed by atoms with Gasteiger partial charge in [-0.3, -0.25) is 0 Å². The van der Waals surface area contributed by atoms with Gasteiger partial charge in [-0.2, -0.15) is 5.26 Å². The van der Waals surface area contributed by atoms with Crippen molar-refractivity contribution in [1.29, 1.82) is 5.26 Å². The van der Waals surface area contributed by atoms with Gasteiger partial charge >= 0.3 is 0 Å². The molecular weight excluding hydrogens is 205 g/mol. The molecule has 1 aromatic carbocycles. The molecule has 0 amide bonds. The molecule has 0 aliphatic carbocycles. The Bertz CT molecular complexity index is 555. The maximum Gasteiger partial charge on any atom is 0.149 e. The van der Waals surface area contributed by atoms with Crippen molar-refractivity contribution < 1.29 is 4.39 Å². The van der Waals surface area contributed by atoms with Gasteiger partial charge in [0.2, 0.25) is 0 Å². The Kier molecular flexibility index (Phi) is 2.52. The van der Waals surface area contributed by atoms with Gasteiger partial charge in [-0.1, -0.05) is 12.1 Å². The van der Waals surface area contributed by atoms with Crippen molar-refractivity contribution in [1.82, 2.24) is 4.98 Å². The second-order valence-corrected chi connectivity index (χ2v) is 3.26. The molecule has 1 aromatic heterocycles. The van der Waals surface area contributed by atoms with Crippen LogP contribution in [0.2, 0.25) is 0 Å². The highest BCUT2D eigenvalue weighted by Gasteiger charge is 2.06. The third-order valence-corrected chi connectivity index (χ3v) is 2.15. The van der Waals surface area contributed by atoms with Crippen LogP contribution in [0.25, 0.3) is 11.3 Å². The molecule has 2 rings (SSSR count). The van der Waals surface area contributed by atoms with E-state index >= 15 is 0 Å². The summed E-state index contributed by atoms with van der Waals surface area (Å²) >= 11 is 0. The number of hydrogen-bond donors (Lipinski definition) is 1. The smallest absolute Gasteiger partial charge is 0.149 e. The molecule has 78 valence electrons. The van der Waals surface area contributed by atoms with E-state index in [1.807, 2.05) is 6.07 Å². The molecule has 0 saturated heterocycles. The van der Waals surface area contributed by atoms with Crippen molar-refractivity contribution in [3.05, 3.63) is 47.8 Å². The first-order valence-corrected chi connectivity index (χ1v) is 4.63. The minimum absolute atomic E-state index is 0.199. The lowest BCUT2D eigenvalue weighted by Gasteiger charge is -2.03. The Morgan fingerprint density at radius 1 is 1.12 bits per heavy atom. The Balaban J connectivity index is 2.50. The van der Waals surface area contributed by atoms with E-state index in [2.05, 4.69) is 4.98 Å². The molecule has 3 nitrogen and oxygen atoms in total. The normalized spacial score (nSPS) is 9.75. The molecule has 0 bridgehead atoms. The molecule has 0 atom stereocenters. The zero-order chi connectivity index (χ0) is 11.5. The van der Waals surface area contributed by atoms with E-state index in [9.17, 15) is 4.39 Å². The van der Waals surface area contributed by atoms with Crippen molar-refractivity contribution in [2.75, 3.05) is 5.73 Å². The number of aromatic nitrogens is 1. The van der Waals surface area contributed by atoms with Crippen molar-refractivity contribution in [2.24, 2.45) is 0 Å². The minimum Gasteiger partial charge on any atom is -0.384 e. The first-order chi connectivity index (χ1) is 7.70. The highest BCUT2D eigenvalue weighted by atomic mass is 19.1. The predicted octanol–water partition coefficient (Wildman–Crippen LogP) is 2.34. The fourth-order valence-corrected chi connectivity index (χ4v) is 1.36. The molecule has 0 unspecified atom stereocenters. The van der Waals surface area contributed by atoms with Gasteiger partial charge in [-0.15, -0.1) is 0 Å². The summed E-state index contributed by atoms with van der Waals surface area (Å²) in [6, 6.07) is 11.2. The zero-order valence-electron chi connectivity index (χ0n) is 8.31. The number of anilines is 1. The quantitative estimate of drug-likeness (QED) is 0.790. The van der Waals surface area contributed by atoms with Crippen molar-refractivity contribution >= 4 is 5.82 Å². The van der Waals surface area contributed by atoms with Gasteiger partial charge in [0.05, 0.1) is 11.6 Å². The third-order valence-electron chi connectivity index (χ3n) is 2.15. The molecule has 0 radical (unpaired) electrons. The van der Waals surface area contributed by atoms with Crippen molar-refractivity contribution in [3.8, 4) is 17.3 Å². The average molecular weight is 213 g/mol. The number of rotatable bonds is 1. The Morgan fingerprint density at radius 3 is 2.44 bits per heavy atom. The van der Waals surface area contributed by atoms with Crippen LogP contribution in [0.3, 0.4) is 0 Å². The fourth-order valence-electron chi connectivity index (χ4n) is 1.36. The molecule has 1 heterocycles.